The van der Waals surface area contributed by atoms with E-state index in [1.165, 1.54) is 26.0 Å². The van der Waals surface area contributed by atoms with Crippen molar-refractivity contribution in [1.82, 2.24) is 4.72 Å². The molecule has 1 aliphatic carbocycles. The normalized spacial score (nSPS) is 15.1. The van der Waals surface area contributed by atoms with Crippen LogP contribution in [-0.4, -0.2) is 35.3 Å². The van der Waals surface area contributed by atoms with Crippen LogP contribution in [-0.2, 0) is 21.3 Å². The number of hydrogen-bond acceptors (Lipinski definition) is 5. The van der Waals surface area contributed by atoms with Crippen LogP contribution in [0.25, 0.3) is 0 Å². The Balaban J connectivity index is 1.93. The molecule has 0 atom stereocenters. The van der Waals surface area contributed by atoms with Gasteiger partial charge in [-0.25, -0.2) is 13.1 Å². The zero-order valence-corrected chi connectivity index (χ0v) is 13.0. The highest BCUT2D eigenvalue weighted by atomic mass is 32.2. The molecule has 1 fully saturated rings. The zero-order valence-electron chi connectivity index (χ0n) is 12.2. The minimum Gasteiger partial charge on any atom is -0.495 e. The Morgan fingerprint density at radius 3 is 2.76 bits per heavy atom. The van der Waals surface area contributed by atoms with Crippen LogP contribution in [0.4, 0.5) is 0 Å². The summed E-state index contributed by atoms with van der Waals surface area (Å²) >= 11 is 0. The number of hydrogen-bond donors (Lipinski definition) is 2. The lowest BCUT2D eigenvalue weighted by Crippen LogP contribution is -2.28. The fourth-order valence-corrected chi connectivity index (χ4v) is 3.08. The van der Waals surface area contributed by atoms with Gasteiger partial charge in [0.1, 0.15) is 10.6 Å². The number of rotatable bonds is 9. The molecule has 0 aromatic heterocycles. The minimum atomic E-state index is -3.61. The number of methoxy groups -OCH3 is 1. The van der Waals surface area contributed by atoms with Crippen molar-refractivity contribution in [1.29, 1.82) is 0 Å². The first-order valence-electron chi connectivity index (χ1n) is 7.01. The third-order valence-corrected chi connectivity index (χ3v) is 4.84. The van der Waals surface area contributed by atoms with Gasteiger partial charge in [0, 0.05) is 19.7 Å². The van der Waals surface area contributed by atoms with Crippen molar-refractivity contribution < 1.29 is 17.9 Å². The molecule has 1 aromatic rings. The number of nitrogens with one attached hydrogen (secondary N) is 1. The molecular weight excluding hydrogens is 292 g/mol. The van der Waals surface area contributed by atoms with Crippen molar-refractivity contribution in [3.8, 4) is 5.75 Å². The van der Waals surface area contributed by atoms with Crippen LogP contribution in [0, 0.1) is 5.92 Å². The van der Waals surface area contributed by atoms with Gasteiger partial charge in [-0.15, -0.1) is 0 Å². The Kier molecular flexibility index (Phi) is 5.58. The average molecular weight is 314 g/mol. The van der Waals surface area contributed by atoms with Crippen LogP contribution in [0.2, 0.25) is 0 Å². The molecule has 2 rings (SSSR count). The third-order valence-electron chi connectivity index (χ3n) is 3.34. The summed E-state index contributed by atoms with van der Waals surface area (Å²) in [6.45, 7) is 1.67. The monoisotopic (exact) mass is 314 g/mol. The number of nitrogens with two attached hydrogens (primary N) is 1. The maximum absolute atomic E-state index is 12.2. The number of ether oxygens (including phenoxy) is 2. The number of sulfonamides is 1. The summed E-state index contributed by atoms with van der Waals surface area (Å²) in [5, 5.41) is 0. The van der Waals surface area contributed by atoms with Crippen molar-refractivity contribution in [3.05, 3.63) is 23.8 Å². The van der Waals surface area contributed by atoms with Gasteiger partial charge in [-0.1, -0.05) is 6.07 Å². The maximum Gasteiger partial charge on any atom is 0.244 e. The van der Waals surface area contributed by atoms with Crippen molar-refractivity contribution in [2.75, 3.05) is 26.9 Å². The lowest BCUT2D eigenvalue weighted by atomic mass is 10.2. The predicted octanol–water partition coefficient (Wildman–Crippen LogP) is 0.859. The van der Waals surface area contributed by atoms with E-state index in [4.69, 9.17) is 15.2 Å². The molecule has 7 heteroatoms. The molecule has 118 valence electrons. The van der Waals surface area contributed by atoms with Crippen LogP contribution in [0.5, 0.6) is 5.75 Å². The summed E-state index contributed by atoms with van der Waals surface area (Å²) < 4.78 is 37.5. The van der Waals surface area contributed by atoms with E-state index < -0.39 is 10.0 Å². The highest BCUT2D eigenvalue weighted by Gasteiger charge is 2.22. The van der Waals surface area contributed by atoms with E-state index in [1.807, 2.05) is 0 Å². The highest BCUT2D eigenvalue weighted by molar-refractivity contribution is 7.89. The molecule has 1 aromatic carbocycles. The fraction of sp³-hybridized carbons (Fsp3) is 0.571. The van der Waals surface area contributed by atoms with E-state index >= 15 is 0 Å². The van der Waals surface area contributed by atoms with Gasteiger partial charge in [-0.3, -0.25) is 0 Å². The van der Waals surface area contributed by atoms with E-state index in [9.17, 15) is 8.42 Å². The lowest BCUT2D eigenvalue weighted by molar-refractivity contribution is 0.129. The minimum absolute atomic E-state index is 0.115. The molecule has 0 bridgehead atoms. The predicted molar refractivity (Wildman–Crippen MR) is 79.6 cm³/mol. The molecule has 21 heavy (non-hydrogen) atoms. The summed E-state index contributed by atoms with van der Waals surface area (Å²) in [5.74, 6) is 0.967. The van der Waals surface area contributed by atoms with Gasteiger partial charge in [-0.05, 0) is 36.5 Å². The van der Waals surface area contributed by atoms with Gasteiger partial charge >= 0.3 is 0 Å². The Hall–Kier alpha value is -1.15. The first kappa shape index (κ1) is 16.2. The van der Waals surface area contributed by atoms with Crippen molar-refractivity contribution in [2.24, 2.45) is 11.7 Å². The van der Waals surface area contributed by atoms with E-state index in [-0.39, 0.29) is 11.4 Å². The third kappa shape index (κ3) is 4.67. The SMILES string of the molecule is COc1cc(CN)ccc1S(=O)(=O)NCCOCC1CC1. The molecule has 6 nitrogen and oxygen atoms in total. The van der Waals surface area contributed by atoms with Crippen LogP contribution >= 0.6 is 0 Å². The fourth-order valence-electron chi connectivity index (χ4n) is 1.92. The van der Waals surface area contributed by atoms with Crippen LogP contribution in [0.3, 0.4) is 0 Å². The average Bonchev–Trinajstić information content (AvgIpc) is 3.30. The second-order valence-corrected chi connectivity index (χ2v) is 6.84. The molecule has 0 amide bonds. The maximum atomic E-state index is 12.2. The van der Waals surface area contributed by atoms with E-state index in [1.54, 1.807) is 12.1 Å². The molecule has 0 spiro atoms. The van der Waals surface area contributed by atoms with Crippen LogP contribution < -0.4 is 15.2 Å². The summed E-state index contributed by atoms with van der Waals surface area (Å²) in [5.41, 5.74) is 6.36. The topological polar surface area (TPSA) is 90.7 Å². The quantitative estimate of drug-likeness (QED) is 0.660. The van der Waals surface area contributed by atoms with Crippen molar-refractivity contribution >= 4 is 10.0 Å². The highest BCUT2D eigenvalue weighted by Crippen LogP contribution is 2.28. The van der Waals surface area contributed by atoms with Crippen molar-refractivity contribution in [3.63, 3.8) is 0 Å². The Morgan fingerprint density at radius 2 is 2.14 bits per heavy atom. The Labute approximate surface area is 125 Å². The molecule has 1 aliphatic rings. The van der Waals surface area contributed by atoms with Crippen LogP contribution in [0.1, 0.15) is 18.4 Å². The smallest absolute Gasteiger partial charge is 0.244 e. The standard InChI is InChI=1S/C14H22N2O4S/c1-19-13-8-12(9-15)4-5-14(13)21(17,18)16-6-7-20-10-11-2-3-11/h4-5,8,11,16H,2-3,6-7,9-10,15H2,1H3. The molecule has 3 N–H and O–H groups in total. The van der Waals surface area contributed by atoms with Crippen molar-refractivity contribution in [2.45, 2.75) is 24.3 Å². The summed E-state index contributed by atoms with van der Waals surface area (Å²) in [6, 6.07) is 4.83. The molecule has 0 heterocycles. The zero-order chi connectivity index (χ0) is 15.3. The van der Waals surface area contributed by atoms with E-state index in [0.717, 1.165) is 12.2 Å². The first-order chi connectivity index (χ1) is 10.1. The molecule has 0 radical (unpaired) electrons. The molecule has 0 saturated heterocycles. The van der Waals surface area contributed by atoms with Gasteiger partial charge in [0.2, 0.25) is 10.0 Å². The molecule has 1 saturated carbocycles. The van der Waals surface area contributed by atoms with E-state index in [0.29, 0.717) is 24.8 Å². The van der Waals surface area contributed by atoms with Gasteiger partial charge in [0.25, 0.3) is 0 Å². The largest absolute Gasteiger partial charge is 0.495 e. The summed E-state index contributed by atoms with van der Waals surface area (Å²) in [4.78, 5) is 0.115. The van der Waals surface area contributed by atoms with Gasteiger partial charge < -0.3 is 15.2 Å². The summed E-state index contributed by atoms with van der Waals surface area (Å²) in [6.07, 6.45) is 2.44. The van der Waals surface area contributed by atoms with Gasteiger partial charge in [-0.2, -0.15) is 0 Å². The second kappa shape index (κ2) is 7.22. The van der Waals surface area contributed by atoms with Gasteiger partial charge in [0.15, 0.2) is 0 Å². The lowest BCUT2D eigenvalue weighted by Gasteiger charge is -2.12. The van der Waals surface area contributed by atoms with E-state index in [2.05, 4.69) is 4.72 Å². The van der Waals surface area contributed by atoms with Gasteiger partial charge in [0.05, 0.1) is 13.7 Å². The summed E-state index contributed by atoms with van der Waals surface area (Å²) in [7, 11) is -2.17. The van der Waals surface area contributed by atoms with Crippen LogP contribution in [0.15, 0.2) is 23.1 Å². The second-order valence-electron chi connectivity index (χ2n) is 5.11. The first-order valence-corrected chi connectivity index (χ1v) is 8.49. The molecular formula is C14H22N2O4S. The molecule has 0 aliphatic heterocycles. The number of benzene rings is 1. The molecule has 0 unspecified atom stereocenters. The Bertz CT molecular complexity index is 570. The Morgan fingerprint density at radius 1 is 1.38 bits per heavy atom.